The summed E-state index contributed by atoms with van der Waals surface area (Å²) in [6.45, 7) is 5.35. The third-order valence-electron chi connectivity index (χ3n) is 1.99. The number of carbonyl (C=O) groups excluding carboxylic acids is 1. The van der Waals surface area contributed by atoms with Crippen LogP contribution in [0.25, 0.3) is 0 Å². The highest BCUT2D eigenvalue weighted by Gasteiger charge is 2.04. The van der Waals surface area contributed by atoms with Crippen molar-refractivity contribution in [2.75, 3.05) is 34.2 Å². The van der Waals surface area contributed by atoms with Crippen LogP contribution in [-0.4, -0.2) is 44.6 Å². The lowest BCUT2D eigenvalue weighted by Crippen LogP contribution is -2.35. The third-order valence-corrected chi connectivity index (χ3v) is 1.99. The van der Waals surface area contributed by atoms with Crippen LogP contribution in [0.5, 0.6) is 0 Å². The van der Waals surface area contributed by atoms with Gasteiger partial charge in [-0.3, -0.25) is 4.79 Å². The summed E-state index contributed by atoms with van der Waals surface area (Å²) in [5.74, 6) is -0.0726. The van der Waals surface area contributed by atoms with Crippen LogP contribution in [0.3, 0.4) is 0 Å². The number of carbonyl (C=O) groups is 1. The van der Waals surface area contributed by atoms with Crippen LogP contribution >= 0.6 is 0 Å². The number of hydrogen-bond acceptors (Lipinski definition) is 1. The van der Waals surface area contributed by atoms with Gasteiger partial charge in [0.2, 0.25) is 5.91 Å². The van der Waals surface area contributed by atoms with Crippen LogP contribution in [0.2, 0.25) is 0 Å². The molecule has 0 rings (SSSR count). The molecule has 0 aliphatic carbocycles. The Hall–Kier alpha value is -0.830. The number of hydrogen-bond donors (Lipinski definition) is 1. The van der Waals surface area contributed by atoms with Crippen LogP contribution in [0, 0.1) is 0 Å². The minimum atomic E-state index is -0.0726. The van der Waals surface area contributed by atoms with E-state index in [0.29, 0.717) is 0 Å². The first kappa shape index (κ1) is 13.2. The Morgan fingerprint density at radius 3 is 2.43 bits per heavy atom. The smallest absolute Gasteiger partial charge is 0.243 e. The summed E-state index contributed by atoms with van der Waals surface area (Å²) in [6, 6.07) is 0. The molecule has 0 heterocycles. The molecule has 3 nitrogen and oxygen atoms in total. The predicted octanol–water partition coefficient (Wildman–Crippen LogP) is 1.17. The van der Waals surface area contributed by atoms with Crippen molar-refractivity contribution in [3.05, 3.63) is 12.7 Å². The van der Waals surface area contributed by atoms with Gasteiger partial charge in [0, 0.05) is 6.54 Å². The van der Waals surface area contributed by atoms with E-state index in [2.05, 4.69) is 33.0 Å². The average molecular weight is 199 g/mol. The lowest BCUT2D eigenvalue weighted by atomic mass is 10.2. The lowest BCUT2D eigenvalue weighted by molar-refractivity contribution is -0.870. The van der Waals surface area contributed by atoms with Crippen LogP contribution in [0.4, 0.5) is 0 Å². The van der Waals surface area contributed by atoms with Crippen LogP contribution in [0.1, 0.15) is 19.3 Å². The van der Waals surface area contributed by atoms with Gasteiger partial charge in [-0.2, -0.15) is 0 Å². The van der Waals surface area contributed by atoms with Crippen molar-refractivity contribution >= 4 is 5.91 Å². The number of quaternary nitrogens is 1. The second-order valence-electron chi connectivity index (χ2n) is 4.57. The summed E-state index contributed by atoms with van der Waals surface area (Å²) in [5.41, 5.74) is 0. The highest BCUT2D eigenvalue weighted by atomic mass is 16.1. The van der Waals surface area contributed by atoms with E-state index in [1.807, 2.05) is 0 Å². The van der Waals surface area contributed by atoms with Crippen molar-refractivity contribution in [2.24, 2.45) is 0 Å². The Kier molecular flexibility index (Phi) is 6.21. The summed E-state index contributed by atoms with van der Waals surface area (Å²) in [5, 5.41) is 2.77. The molecule has 14 heavy (non-hydrogen) atoms. The molecule has 0 unspecified atom stereocenters. The minimum Gasteiger partial charge on any atom is -0.353 e. The van der Waals surface area contributed by atoms with E-state index in [0.717, 1.165) is 17.4 Å². The maximum absolute atomic E-state index is 10.8. The topological polar surface area (TPSA) is 29.1 Å². The van der Waals surface area contributed by atoms with Crippen molar-refractivity contribution in [1.82, 2.24) is 5.32 Å². The van der Waals surface area contributed by atoms with Crippen LogP contribution < -0.4 is 5.32 Å². The van der Waals surface area contributed by atoms with E-state index in [-0.39, 0.29) is 5.91 Å². The SMILES string of the molecule is C=CC(=O)NCCCCC[N+](C)(C)C. The molecule has 0 saturated heterocycles. The van der Waals surface area contributed by atoms with Crippen molar-refractivity contribution in [3.8, 4) is 0 Å². The predicted molar refractivity (Wildman–Crippen MR) is 60.0 cm³/mol. The molecule has 0 saturated carbocycles. The molecule has 0 bridgehead atoms. The van der Waals surface area contributed by atoms with Crippen molar-refractivity contribution in [1.29, 1.82) is 0 Å². The van der Waals surface area contributed by atoms with Crippen LogP contribution in [-0.2, 0) is 4.79 Å². The molecular formula is C11H23N2O+. The minimum absolute atomic E-state index is 0.0726. The molecule has 1 amide bonds. The number of unbranched alkanes of at least 4 members (excludes halogenated alkanes) is 2. The van der Waals surface area contributed by atoms with Gasteiger partial charge in [-0.25, -0.2) is 0 Å². The Balaban J connectivity index is 3.22. The highest BCUT2D eigenvalue weighted by Crippen LogP contribution is 1.99. The number of amides is 1. The first-order chi connectivity index (χ1) is 6.45. The van der Waals surface area contributed by atoms with Crippen molar-refractivity contribution in [2.45, 2.75) is 19.3 Å². The number of nitrogens with zero attached hydrogens (tertiary/aromatic N) is 1. The molecule has 0 radical (unpaired) electrons. The summed E-state index contributed by atoms with van der Waals surface area (Å²) in [6.07, 6.45) is 4.76. The molecule has 0 aliphatic rings. The van der Waals surface area contributed by atoms with E-state index in [9.17, 15) is 4.79 Å². The molecular weight excluding hydrogens is 176 g/mol. The molecule has 1 N–H and O–H groups in total. The third kappa shape index (κ3) is 9.26. The Bertz CT molecular complexity index is 182. The van der Waals surface area contributed by atoms with Gasteiger partial charge in [-0.05, 0) is 25.3 Å². The van der Waals surface area contributed by atoms with Gasteiger partial charge in [0.05, 0.1) is 27.7 Å². The molecule has 0 spiro atoms. The monoisotopic (exact) mass is 199 g/mol. The van der Waals surface area contributed by atoms with E-state index >= 15 is 0 Å². The first-order valence-corrected chi connectivity index (χ1v) is 5.16. The van der Waals surface area contributed by atoms with Gasteiger partial charge in [0.1, 0.15) is 0 Å². The number of nitrogens with one attached hydrogen (secondary N) is 1. The molecule has 0 aliphatic heterocycles. The molecule has 82 valence electrons. The second-order valence-corrected chi connectivity index (χ2v) is 4.57. The zero-order valence-electron chi connectivity index (χ0n) is 9.68. The summed E-state index contributed by atoms with van der Waals surface area (Å²) >= 11 is 0. The zero-order valence-corrected chi connectivity index (χ0v) is 9.68. The highest BCUT2D eigenvalue weighted by molar-refractivity contribution is 5.86. The van der Waals surface area contributed by atoms with E-state index in [1.165, 1.54) is 25.5 Å². The van der Waals surface area contributed by atoms with E-state index < -0.39 is 0 Å². The van der Waals surface area contributed by atoms with Gasteiger partial charge in [-0.1, -0.05) is 6.58 Å². The number of rotatable bonds is 7. The van der Waals surface area contributed by atoms with E-state index in [1.54, 1.807) is 0 Å². The Morgan fingerprint density at radius 1 is 1.29 bits per heavy atom. The molecule has 3 heteroatoms. The summed E-state index contributed by atoms with van der Waals surface area (Å²) in [7, 11) is 6.58. The largest absolute Gasteiger partial charge is 0.353 e. The molecule has 0 atom stereocenters. The van der Waals surface area contributed by atoms with Gasteiger partial charge in [-0.15, -0.1) is 0 Å². The van der Waals surface area contributed by atoms with Gasteiger partial charge >= 0.3 is 0 Å². The van der Waals surface area contributed by atoms with Crippen molar-refractivity contribution < 1.29 is 9.28 Å². The maximum atomic E-state index is 10.8. The normalized spacial score (nSPS) is 11.1. The molecule has 0 aromatic carbocycles. The Morgan fingerprint density at radius 2 is 1.93 bits per heavy atom. The van der Waals surface area contributed by atoms with Crippen LogP contribution in [0.15, 0.2) is 12.7 Å². The second kappa shape index (κ2) is 6.60. The zero-order chi connectivity index (χ0) is 11.0. The van der Waals surface area contributed by atoms with Gasteiger partial charge in [0.15, 0.2) is 0 Å². The standard InChI is InChI=1S/C11H22N2O/c1-5-11(14)12-9-7-6-8-10-13(2,3)4/h5H,1,6-10H2,2-4H3/p+1. The Labute approximate surface area is 87.4 Å². The van der Waals surface area contributed by atoms with Crippen molar-refractivity contribution in [3.63, 3.8) is 0 Å². The quantitative estimate of drug-likeness (QED) is 0.372. The van der Waals surface area contributed by atoms with E-state index in [4.69, 9.17) is 0 Å². The molecule has 0 aromatic rings. The maximum Gasteiger partial charge on any atom is 0.243 e. The fourth-order valence-electron chi connectivity index (χ4n) is 1.17. The molecule has 0 fully saturated rings. The summed E-state index contributed by atoms with van der Waals surface area (Å²) < 4.78 is 1.01. The average Bonchev–Trinajstić information content (AvgIpc) is 2.08. The van der Waals surface area contributed by atoms with Gasteiger partial charge < -0.3 is 9.80 Å². The fourth-order valence-corrected chi connectivity index (χ4v) is 1.17. The lowest BCUT2D eigenvalue weighted by Gasteiger charge is -2.23. The summed E-state index contributed by atoms with van der Waals surface area (Å²) in [4.78, 5) is 10.8. The first-order valence-electron chi connectivity index (χ1n) is 5.16. The fraction of sp³-hybridized carbons (Fsp3) is 0.727. The molecule has 0 aromatic heterocycles. The van der Waals surface area contributed by atoms with Gasteiger partial charge in [0.25, 0.3) is 0 Å².